The number of piperidine rings is 1. The molecule has 0 saturated carbocycles. The third kappa shape index (κ3) is 3.91. The van der Waals surface area contributed by atoms with Gasteiger partial charge in [0.1, 0.15) is 0 Å². The Labute approximate surface area is 116 Å². The van der Waals surface area contributed by atoms with Gasteiger partial charge in [-0.15, -0.1) is 0 Å². The van der Waals surface area contributed by atoms with Crippen molar-refractivity contribution in [2.75, 3.05) is 26.8 Å². The molecular formula is C12H20N2O6. The Hall–Kier alpha value is -1.67. The van der Waals surface area contributed by atoms with Crippen LogP contribution in [-0.4, -0.2) is 65.8 Å². The van der Waals surface area contributed by atoms with Crippen LogP contribution in [-0.2, 0) is 19.1 Å². The fraction of sp³-hybridized carbons (Fsp3) is 0.750. The lowest BCUT2D eigenvalue weighted by Crippen LogP contribution is -2.53. The number of likely N-dealkylation sites (tertiary alicyclic amines) is 1. The summed E-state index contributed by atoms with van der Waals surface area (Å²) in [5.41, 5.74) is 5.72. The molecule has 1 fully saturated rings. The van der Waals surface area contributed by atoms with Gasteiger partial charge in [0, 0.05) is 26.8 Å². The second kappa shape index (κ2) is 7.20. The topological polar surface area (TPSA) is 130 Å². The highest BCUT2D eigenvalue weighted by Gasteiger charge is 2.40. The van der Waals surface area contributed by atoms with Gasteiger partial charge < -0.3 is 25.6 Å². The van der Waals surface area contributed by atoms with E-state index < -0.39 is 29.8 Å². The molecule has 0 aromatic rings. The summed E-state index contributed by atoms with van der Waals surface area (Å²) < 4.78 is 4.84. The first kappa shape index (κ1) is 16.4. The summed E-state index contributed by atoms with van der Waals surface area (Å²) in [6, 6.07) is -0.759. The van der Waals surface area contributed by atoms with Crippen molar-refractivity contribution in [2.45, 2.75) is 18.9 Å². The van der Waals surface area contributed by atoms with E-state index >= 15 is 0 Å². The number of carbonyl (C=O) groups excluding carboxylic acids is 1. The van der Waals surface area contributed by atoms with Crippen LogP contribution in [0.25, 0.3) is 0 Å². The number of aliphatic carboxylic acids is 2. The van der Waals surface area contributed by atoms with Crippen LogP contribution >= 0.6 is 0 Å². The largest absolute Gasteiger partial charge is 0.481 e. The van der Waals surface area contributed by atoms with Crippen molar-refractivity contribution in [3.8, 4) is 0 Å². The standard InChI is InChI=1S/C12H20N2O6/c1-20-5-3-9(13)10(15)14-4-2-7(11(16)17)8(6-14)12(18)19/h7-9H,2-6,13H2,1H3,(H,16,17)(H,18,19). The van der Waals surface area contributed by atoms with Gasteiger partial charge in [-0.05, 0) is 12.8 Å². The van der Waals surface area contributed by atoms with Crippen molar-refractivity contribution < 1.29 is 29.3 Å². The van der Waals surface area contributed by atoms with Crippen LogP contribution < -0.4 is 5.73 Å². The second-order valence-electron chi connectivity index (χ2n) is 4.85. The molecule has 0 aromatic heterocycles. The quantitative estimate of drug-likeness (QED) is 0.570. The number of carboxylic acids is 2. The van der Waals surface area contributed by atoms with Crippen molar-refractivity contribution in [2.24, 2.45) is 17.6 Å². The molecule has 4 N–H and O–H groups in total. The fourth-order valence-corrected chi connectivity index (χ4v) is 2.30. The van der Waals surface area contributed by atoms with E-state index in [2.05, 4.69) is 0 Å². The molecule has 0 bridgehead atoms. The predicted molar refractivity (Wildman–Crippen MR) is 67.9 cm³/mol. The number of hydrogen-bond donors (Lipinski definition) is 3. The normalized spacial score (nSPS) is 24.2. The van der Waals surface area contributed by atoms with Gasteiger partial charge in [-0.2, -0.15) is 0 Å². The first-order valence-corrected chi connectivity index (χ1v) is 6.37. The highest BCUT2D eigenvalue weighted by Crippen LogP contribution is 2.24. The summed E-state index contributed by atoms with van der Waals surface area (Å²) in [6.45, 7) is 0.424. The van der Waals surface area contributed by atoms with Gasteiger partial charge in [0.15, 0.2) is 0 Å². The van der Waals surface area contributed by atoms with Crippen LogP contribution in [0.4, 0.5) is 0 Å². The summed E-state index contributed by atoms with van der Waals surface area (Å²) >= 11 is 0. The molecule has 20 heavy (non-hydrogen) atoms. The van der Waals surface area contributed by atoms with E-state index in [4.69, 9.17) is 20.7 Å². The van der Waals surface area contributed by atoms with Crippen LogP contribution in [0.1, 0.15) is 12.8 Å². The van der Waals surface area contributed by atoms with Crippen molar-refractivity contribution in [3.63, 3.8) is 0 Å². The highest BCUT2D eigenvalue weighted by atomic mass is 16.5. The Morgan fingerprint density at radius 1 is 1.30 bits per heavy atom. The van der Waals surface area contributed by atoms with E-state index in [0.29, 0.717) is 13.0 Å². The van der Waals surface area contributed by atoms with Gasteiger partial charge in [-0.1, -0.05) is 0 Å². The number of carbonyl (C=O) groups is 3. The molecule has 0 spiro atoms. The Morgan fingerprint density at radius 3 is 2.40 bits per heavy atom. The summed E-state index contributed by atoms with van der Waals surface area (Å²) in [5.74, 6) is -4.78. The Morgan fingerprint density at radius 2 is 1.90 bits per heavy atom. The molecule has 1 rings (SSSR count). The zero-order valence-corrected chi connectivity index (χ0v) is 11.3. The molecule has 0 aliphatic carbocycles. The lowest BCUT2D eigenvalue weighted by Gasteiger charge is -2.35. The monoisotopic (exact) mass is 288 g/mol. The van der Waals surface area contributed by atoms with Crippen molar-refractivity contribution >= 4 is 17.8 Å². The van der Waals surface area contributed by atoms with E-state index in [1.807, 2.05) is 0 Å². The molecule has 3 unspecified atom stereocenters. The maximum atomic E-state index is 12.1. The minimum Gasteiger partial charge on any atom is -0.481 e. The number of hydrogen-bond acceptors (Lipinski definition) is 5. The van der Waals surface area contributed by atoms with Crippen LogP contribution in [0, 0.1) is 11.8 Å². The van der Waals surface area contributed by atoms with Gasteiger partial charge in [-0.25, -0.2) is 0 Å². The van der Waals surface area contributed by atoms with E-state index in [0.717, 1.165) is 0 Å². The van der Waals surface area contributed by atoms with Crippen LogP contribution in [0.2, 0.25) is 0 Å². The average Bonchev–Trinajstić information content (AvgIpc) is 2.42. The van der Waals surface area contributed by atoms with Crippen molar-refractivity contribution in [1.29, 1.82) is 0 Å². The van der Waals surface area contributed by atoms with Crippen LogP contribution in [0.15, 0.2) is 0 Å². The Balaban J connectivity index is 2.68. The summed E-state index contributed by atoms with van der Waals surface area (Å²) in [6.07, 6.45) is 0.459. The van der Waals surface area contributed by atoms with Gasteiger partial charge in [0.25, 0.3) is 0 Å². The SMILES string of the molecule is COCCC(N)C(=O)N1CCC(C(=O)O)C(C(=O)O)C1. The summed E-state index contributed by atoms with van der Waals surface area (Å²) in [4.78, 5) is 35.5. The predicted octanol–water partition coefficient (Wildman–Crippen LogP) is -1.02. The smallest absolute Gasteiger partial charge is 0.309 e. The fourth-order valence-electron chi connectivity index (χ4n) is 2.30. The van der Waals surface area contributed by atoms with E-state index in [-0.39, 0.29) is 25.4 Å². The first-order valence-electron chi connectivity index (χ1n) is 6.37. The number of nitrogens with two attached hydrogens (primary N) is 1. The third-order valence-electron chi connectivity index (χ3n) is 3.51. The minimum atomic E-state index is -1.21. The number of amides is 1. The molecule has 8 heteroatoms. The lowest BCUT2D eigenvalue weighted by molar-refractivity contribution is -0.159. The van der Waals surface area contributed by atoms with Crippen molar-refractivity contribution in [1.82, 2.24) is 4.90 Å². The Bertz CT molecular complexity index is 386. The van der Waals surface area contributed by atoms with Crippen LogP contribution in [0.5, 0.6) is 0 Å². The van der Waals surface area contributed by atoms with Gasteiger partial charge in [-0.3, -0.25) is 14.4 Å². The average molecular weight is 288 g/mol. The maximum Gasteiger partial charge on any atom is 0.309 e. The van der Waals surface area contributed by atoms with Gasteiger partial charge in [0.2, 0.25) is 5.91 Å². The highest BCUT2D eigenvalue weighted by molar-refractivity contribution is 5.84. The minimum absolute atomic E-state index is 0.119. The number of nitrogens with zero attached hydrogens (tertiary/aromatic N) is 1. The number of rotatable bonds is 6. The molecule has 3 atom stereocenters. The number of methoxy groups -OCH3 is 1. The summed E-state index contributed by atoms with van der Waals surface area (Å²) in [5, 5.41) is 18.1. The first-order chi connectivity index (χ1) is 9.38. The molecule has 1 heterocycles. The second-order valence-corrected chi connectivity index (χ2v) is 4.85. The molecule has 1 saturated heterocycles. The van der Waals surface area contributed by atoms with Gasteiger partial charge >= 0.3 is 11.9 Å². The molecule has 1 aliphatic rings. The molecule has 1 amide bonds. The third-order valence-corrected chi connectivity index (χ3v) is 3.51. The van der Waals surface area contributed by atoms with E-state index in [1.165, 1.54) is 12.0 Å². The molecule has 0 aromatic carbocycles. The molecule has 8 nitrogen and oxygen atoms in total. The molecular weight excluding hydrogens is 268 g/mol. The Kier molecular flexibility index (Phi) is 5.90. The number of ether oxygens (including phenoxy) is 1. The van der Waals surface area contributed by atoms with E-state index in [1.54, 1.807) is 0 Å². The van der Waals surface area contributed by atoms with Crippen molar-refractivity contribution in [3.05, 3.63) is 0 Å². The summed E-state index contributed by atoms with van der Waals surface area (Å²) in [7, 11) is 1.50. The molecule has 0 radical (unpaired) electrons. The lowest BCUT2D eigenvalue weighted by atomic mass is 9.85. The zero-order chi connectivity index (χ0) is 15.3. The maximum absolute atomic E-state index is 12.1. The molecule has 114 valence electrons. The van der Waals surface area contributed by atoms with Crippen LogP contribution in [0.3, 0.4) is 0 Å². The zero-order valence-electron chi connectivity index (χ0n) is 11.3. The van der Waals surface area contributed by atoms with E-state index in [9.17, 15) is 14.4 Å². The van der Waals surface area contributed by atoms with Gasteiger partial charge in [0.05, 0.1) is 17.9 Å². The molecule has 1 aliphatic heterocycles. The number of carboxylic acid groups (broad SMARTS) is 2.